The largest absolute Gasteiger partial charge is 0.436 e. The van der Waals surface area contributed by atoms with Crippen LogP contribution >= 0.6 is 0 Å². The van der Waals surface area contributed by atoms with Crippen LogP contribution in [0.4, 0.5) is 5.69 Å². The molecule has 0 spiro atoms. The lowest BCUT2D eigenvalue weighted by atomic mass is 10.2. The Kier molecular flexibility index (Phi) is 3.93. The van der Waals surface area contributed by atoms with Crippen molar-refractivity contribution in [3.8, 4) is 11.5 Å². The second kappa shape index (κ2) is 6.27. The third kappa shape index (κ3) is 3.04. The van der Waals surface area contributed by atoms with Crippen LogP contribution in [-0.2, 0) is 10.0 Å². The fourth-order valence-electron chi connectivity index (χ4n) is 2.57. The zero-order chi connectivity index (χ0) is 18.1. The highest BCUT2D eigenvalue weighted by Crippen LogP contribution is 2.29. The predicted octanol–water partition coefficient (Wildman–Crippen LogP) is 4.00. The Morgan fingerprint density at radius 3 is 2.42 bits per heavy atom. The Balaban J connectivity index is 1.75. The molecule has 1 N–H and O–H groups in total. The highest BCUT2D eigenvalue weighted by Gasteiger charge is 2.18. The number of rotatable bonds is 4. The maximum Gasteiger partial charge on any atom is 0.261 e. The average Bonchev–Trinajstić information content (AvgIpc) is 3.08. The van der Waals surface area contributed by atoms with Gasteiger partial charge in [0, 0.05) is 18.0 Å². The predicted molar refractivity (Wildman–Crippen MR) is 99.2 cm³/mol. The van der Waals surface area contributed by atoms with Gasteiger partial charge in [-0.2, -0.15) is 0 Å². The summed E-state index contributed by atoms with van der Waals surface area (Å²) in [5.41, 5.74) is 3.08. The molecule has 0 bridgehead atoms. The molecule has 0 saturated heterocycles. The van der Waals surface area contributed by atoms with E-state index in [9.17, 15) is 8.42 Å². The molecule has 4 rings (SSSR count). The lowest BCUT2D eigenvalue weighted by molar-refractivity contribution is 0.601. The molecule has 2 aromatic carbocycles. The van der Waals surface area contributed by atoms with Crippen molar-refractivity contribution in [1.29, 1.82) is 0 Å². The van der Waals surface area contributed by atoms with Crippen LogP contribution in [0.25, 0.3) is 22.6 Å². The van der Waals surface area contributed by atoms with Gasteiger partial charge in [0.15, 0.2) is 5.58 Å². The number of benzene rings is 2. The summed E-state index contributed by atoms with van der Waals surface area (Å²) in [5, 5.41) is 0. The van der Waals surface area contributed by atoms with Crippen LogP contribution in [0.1, 0.15) is 5.56 Å². The van der Waals surface area contributed by atoms with Gasteiger partial charge in [-0.25, -0.2) is 13.4 Å². The molecule has 0 amide bonds. The van der Waals surface area contributed by atoms with E-state index in [1.807, 2.05) is 6.92 Å². The van der Waals surface area contributed by atoms with Gasteiger partial charge in [-0.15, -0.1) is 0 Å². The number of anilines is 1. The molecule has 0 atom stereocenters. The number of hydrogen-bond acceptors (Lipinski definition) is 5. The third-order valence-electron chi connectivity index (χ3n) is 3.92. The van der Waals surface area contributed by atoms with E-state index in [1.165, 1.54) is 0 Å². The molecule has 0 aliphatic rings. The minimum Gasteiger partial charge on any atom is -0.436 e. The van der Waals surface area contributed by atoms with Crippen LogP contribution in [0.15, 0.2) is 76.3 Å². The molecule has 6 nitrogen and oxygen atoms in total. The van der Waals surface area contributed by atoms with E-state index in [2.05, 4.69) is 14.7 Å². The topological polar surface area (TPSA) is 85.1 Å². The molecule has 4 aromatic rings. The summed E-state index contributed by atoms with van der Waals surface area (Å²) in [6, 6.07) is 15.3. The van der Waals surface area contributed by atoms with E-state index in [0.29, 0.717) is 22.7 Å². The molecule has 0 aliphatic heterocycles. The van der Waals surface area contributed by atoms with E-state index in [1.54, 1.807) is 67.0 Å². The Morgan fingerprint density at radius 1 is 0.962 bits per heavy atom. The van der Waals surface area contributed by atoms with E-state index in [-0.39, 0.29) is 4.90 Å². The zero-order valence-electron chi connectivity index (χ0n) is 13.9. The summed E-state index contributed by atoms with van der Waals surface area (Å²) in [6.07, 6.45) is 3.29. The Bertz CT molecular complexity index is 1170. The minimum absolute atomic E-state index is 0.193. The molecule has 0 saturated carbocycles. The number of aryl methyl sites for hydroxylation is 1. The Morgan fingerprint density at radius 2 is 1.69 bits per heavy atom. The SMILES string of the molecule is Cc1ccc(S(=O)(=O)Nc2cccc3oc(-c4ccncc4)nc23)cc1. The summed E-state index contributed by atoms with van der Waals surface area (Å²) in [6.45, 7) is 1.90. The van der Waals surface area contributed by atoms with Crippen molar-refractivity contribution in [1.82, 2.24) is 9.97 Å². The van der Waals surface area contributed by atoms with Gasteiger partial charge in [0.25, 0.3) is 10.0 Å². The van der Waals surface area contributed by atoms with Crippen LogP contribution in [0.5, 0.6) is 0 Å². The summed E-state index contributed by atoms with van der Waals surface area (Å²) in [4.78, 5) is 8.62. The van der Waals surface area contributed by atoms with Crippen molar-refractivity contribution in [2.45, 2.75) is 11.8 Å². The maximum atomic E-state index is 12.7. The molecule has 26 heavy (non-hydrogen) atoms. The second-order valence-corrected chi connectivity index (χ2v) is 7.51. The van der Waals surface area contributed by atoms with E-state index in [0.717, 1.165) is 11.1 Å². The third-order valence-corrected chi connectivity index (χ3v) is 5.30. The van der Waals surface area contributed by atoms with Crippen LogP contribution in [0.2, 0.25) is 0 Å². The number of nitrogens with one attached hydrogen (secondary N) is 1. The first-order valence-corrected chi connectivity index (χ1v) is 9.41. The molecule has 2 aromatic heterocycles. The highest BCUT2D eigenvalue weighted by atomic mass is 32.2. The number of sulfonamides is 1. The molecular formula is C19H15N3O3S. The highest BCUT2D eigenvalue weighted by molar-refractivity contribution is 7.92. The summed E-state index contributed by atoms with van der Waals surface area (Å²) >= 11 is 0. The van der Waals surface area contributed by atoms with Crippen molar-refractivity contribution >= 4 is 26.8 Å². The lowest BCUT2D eigenvalue weighted by Crippen LogP contribution is -2.13. The smallest absolute Gasteiger partial charge is 0.261 e. The van der Waals surface area contributed by atoms with E-state index < -0.39 is 10.0 Å². The molecular weight excluding hydrogens is 350 g/mol. The zero-order valence-corrected chi connectivity index (χ0v) is 14.7. The Labute approximate surface area is 150 Å². The number of fused-ring (bicyclic) bond motifs is 1. The van der Waals surface area contributed by atoms with Gasteiger partial charge in [0.05, 0.1) is 10.6 Å². The van der Waals surface area contributed by atoms with E-state index >= 15 is 0 Å². The Hall–Kier alpha value is -3.19. The van der Waals surface area contributed by atoms with Gasteiger partial charge in [-0.05, 0) is 43.3 Å². The number of nitrogens with zero attached hydrogens (tertiary/aromatic N) is 2. The van der Waals surface area contributed by atoms with Gasteiger partial charge >= 0.3 is 0 Å². The van der Waals surface area contributed by atoms with Crippen molar-refractivity contribution in [3.05, 3.63) is 72.6 Å². The van der Waals surface area contributed by atoms with Crippen molar-refractivity contribution in [3.63, 3.8) is 0 Å². The normalized spacial score (nSPS) is 11.6. The molecule has 0 fully saturated rings. The van der Waals surface area contributed by atoms with E-state index in [4.69, 9.17) is 4.42 Å². The number of aromatic nitrogens is 2. The van der Waals surface area contributed by atoms with Gasteiger partial charge in [-0.3, -0.25) is 9.71 Å². The van der Waals surface area contributed by atoms with Crippen molar-refractivity contribution in [2.75, 3.05) is 4.72 Å². The summed E-state index contributed by atoms with van der Waals surface area (Å²) in [5.74, 6) is 0.407. The number of oxazole rings is 1. The van der Waals surface area contributed by atoms with Crippen LogP contribution in [-0.4, -0.2) is 18.4 Å². The minimum atomic E-state index is -3.72. The first-order chi connectivity index (χ1) is 12.5. The van der Waals surface area contributed by atoms with Gasteiger partial charge in [-0.1, -0.05) is 23.8 Å². The first-order valence-electron chi connectivity index (χ1n) is 7.92. The fraction of sp³-hybridized carbons (Fsp3) is 0.0526. The average molecular weight is 365 g/mol. The number of hydrogen-bond donors (Lipinski definition) is 1. The van der Waals surface area contributed by atoms with Gasteiger partial charge in [0.1, 0.15) is 5.52 Å². The molecule has 0 unspecified atom stereocenters. The van der Waals surface area contributed by atoms with Gasteiger partial charge < -0.3 is 4.42 Å². The number of pyridine rings is 1. The molecule has 130 valence electrons. The standard InChI is InChI=1S/C19H15N3O3S/c1-13-5-7-15(8-6-13)26(23,24)22-16-3-2-4-17-18(16)21-19(25-17)14-9-11-20-12-10-14/h2-12,22H,1H3. The number of para-hydroxylation sites is 1. The van der Waals surface area contributed by atoms with Gasteiger partial charge in [0.2, 0.25) is 5.89 Å². The summed E-state index contributed by atoms with van der Waals surface area (Å²) in [7, 11) is -3.72. The molecule has 7 heteroatoms. The molecule has 0 radical (unpaired) electrons. The second-order valence-electron chi connectivity index (χ2n) is 5.83. The van der Waals surface area contributed by atoms with Crippen LogP contribution < -0.4 is 4.72 Å². The maximum absolute atomic E-state index is 12.7. The fourth-order valence-corrected chi connectivity index (χ4v) is 3.64. The van der Waals surface area contributed by atoms with Crippen molar-refractivity contribution in [2.24, 2.45) is 0 Å². The molecule has 0 aliphatic carbocycles. The molecule has 2 heterocycles. The van der Waals surface area contributed by atoms with Crippen LogP contribution in [0, 0.1) is 6.92 Å². The monoisotopic (exact) mass is 365 g/mol. The summed E-state index contributed by atoms with van der Waals surface area (Å²) < 4.78 is 33.7. The first kappa shape index (κ1) is 16.3. The lowest BCUT2D eigenvalue weighted by Gasteiger charge is -2.08. The quantitative estimate of drug-likeness (QED) is 0.591. The van der Waals surface area contributed by atoms with Crippen molar-refractivity contribution < 1.29 is 12.8 Å². The van der Waals surface area contributed by atoms with Crippen LogP contribution in [0.3, 0.4) is 0 Å².